The number of carbonyl (C=O) groups excluding carboxylic acids is 1. The van der Waals surface area contributed by atoms with E-state index in [0.29, 0.717) is 42.7 Å². The van der Waals surface area contributed by atoms with Gasteiger partial charge in [0.15, 0.2) is 11.6 Å². The van der Waals surface area contributed by atoms with Crippen molar-refractivity contribution in [3.05, 3.63) is 82.5 Å². The molecule has 0 aliphatic carbocycles. The van der Waals surface area contributed by atoms with Gasteiger partial charge in [-0.1, -0.05) is 30.4 Å². The monoisotopic (exact) mass is 540 g/mol. The van der Waals surface area contributed by atoms with Crippen LogP contribution in [0.4, 0.5) is 18.0 Å². The minimum atomic E-state index is -1.16. The van der Waals surface area contributed by atoms with Gasteiger partial charge in [-0.3, -0.25) is 9.98 Å². The van der Waals surface area contributed by atoms with Crippen molar-refractivity contribution in [2.24, 2.45) is 9.98 Å². The molecule has 38 heavy (non-hydrogen) atoms. The number of allylic oxidation sites excluding steroid dienone is 2. The molecule has 3 unspecified atom stereocenters. The van der Waals surface area contributed by atoms with Gasteiger partial charge >= 0.3 is 6.09 Å². The summed E-state index contributed by atoms with van der Waals surface area (Å²) in [4.78, 5) is 24.1. The van der Waals surface area contributed by atoms with Gasteiger partial charge in [-0.2, -0.15) is 0 Å². The summed E-state index contributed by atoms with van der Waals surface area (Å²) in [6, 6.07) is 2.51. The number of benzene rings is 1. The van der Waals surface area contributed by atoms with Crippen molar-refractivity contribution in [1.82, 2.24) is 10.2 Å². The molecule has 2 fully saturated rings. The first kappa shape index (κ1) is 25.0. The number of nitrogens with one attached hydrogen (secondary N) is 1. The fraction of sp³-hybridized carbons (Fsp3) is 0.393. The molecule has 5 atom stereocenters. The van der Waals surface area contributed by atoms with E-state index in [1.807, 2.05) is 23.6 Å². The molecule has 1 amide bonds. The molecular weight excluding hydrogens is 513 g/mol. The van der Waals surface area contributed by atoms with Gasteiger partial charge in [-0.15, -0.1) is 11.8 Å². The number of hydrogen-bond donors (Lipinski definition) is 1. The molecule has 10 heteroatoms. The van der Waals surface area contributed by atoms with Crippen molar-refractivity contribution < 1.29 is 22.7 Å². The van der Waals surface area contributed by atoms with Crippen molar-refractivity contribution in [2.75, 3.05) is 13.2 Å². The van der Waals surface area contributed by atoms with E-state index >= 15 is 0 Å². The number of dihydropyridines is 1. The SMILES string of the molecule is C=C1CC=CSC1C1=N[C@H](c2ccc(F)c(F)c2)C(C2=NC(C(C)F)CC=C2)=C2C[C@@]3(COC(=O)N3)CN12. The number of amidine groups is 1. The molecule has 0 radical (unpaired) electrons. The first-order valence-corrected chi connectivity index (χ1v) is 13.5. The maximum Gasteiger partial charge on any atom is 0.407 e. The smallest absolute Gasteiger partial charge is 0.407 e. The predicted octanol–water partition coefficient (Wildman–Crippen LogP) is 5.56. The molecule has 0 bridgehead atoms. The number of halogens is 3. The van der Waals surface area contributed by atoms with Gasteiger partial charge in [0.1, 0.15) is 30.2 Å². The molecule has 1 aromatic rings. The topological polar surface area (TPSA) is 66.3 Å². The zero-order valence-electron chi connectivity index (χ0n) is 20.8. The molecule has 1 aromatic carbocycles. The van der Waals surface area contributed by atoms with Crippen LogP contribution in [0.15, 0.2) is 75.2 Å². The van der Waals surface area contributed by atoms with Gasteiger partial charge < -0.3 is 15.0 Å². The van der Waals surface area contributed by atoms with Crippen molar-refractivity contribution in [3.63, 3.8) is 0 Å². The second-order valence-electron chi connectivity index (χ2n) is 10.3. The van der Waals surface area contributed by atoms with Gasteiger partial charge in [0, 0.05) is 17.7 Å². The normalized spacial score (nSPS) is 31.3. The molecule has 1 spiro atoms. The summed E-state index contributed by atoms with van der Waals surface area (Å²) in [5.41, 5.74) is 2.86. The number of nitrogens with zero attached hydrogens (tertiary/aromatic N) is 3. The van der Waals surface area contributed by atoms with E-state index in [0.717, 1.165) is 29.2 Å². The Hall–Kier alpha value is -3.27. The molecule has 0 saturated carbocycles. The molecule has 5 aliphatic rings. The maximum absolute atomic E-state index is 14.5. The Kier molecular flexibility index (Phi) is 6.25. The van der Waals surface area contributed by atoms with E-state index < -0.39 is 41.5 Å². The Bertz CT molecular complexity index is 1370. The summed E-state index contributed by atoms with van der Waals surface area (Å²) in [7, 11) is 0. The third-order valence-corrected chi connectivity index (χ3v) is 8.75. The van der Waals surface area contributed by atoms with Gasteiger partial charge in [-0.25, -0.2) is 18.0 Å². The number of thioether (sulfide) groups is 1. The third kappa shape index (κ3) is 4.28. The van der Waals surface area contributed by atoms with Gasteiger partial charge in [0.2, 0.25) is 0 Å². The number of alkyl halides is 1. The molecular formula is C28H27F3N4O2S. The van der Waals surface area contributed by atoms with Crippen LogP contribution in [0.25, 0.3) is 0 Å². The quantitative estimate of drug-likeness (QED) is 0.508. The Balaban J connectivity index is 1.55. The summed E-state index contributed by atoms with van der Waals surface area (Å²) in [5, 5.41) is 4.83. The van der Waals surface area contributed by atoms with E-state index in [4.69, 9.17) is 14.7 Å². The highest BCUT2D eigenvalue weighted by Crippen LogP contribution is 2.46. The lowest BCUT2D eigenvalue weighted by Crippen LogP contribution is -2.48. The lowest BCUT2D eigenvalue weighted by molar-refractivity contribution is 0.173. The molecule has 1 N–H and O–H groups in total. The summed E-state index contributed by atoms with van der Waals surface area (Å²) in [6.07, 6.45) is 5.72. The molecule has 5 aliphatic heterocycles. The lowest BCUT2D eigenvalue weighted by atomic mass is 9.87. The summed E-state index contributed by atoms with van der Waals surface area (Å²) in [5.74, 6) is -1.19. The number of alkyl carbamates (subject to hydrolysis) is 1. The highest BCUT2D eigenvalue weighted by Gasteiger charge is 2.52. The Morgan fingerprint density at radius 1 is 1.26 bits per heavy atom. The summed E-state index contributed by atoms with van der Waals surface area (Å²) >= 11 is 1.58. The molecule has 6 nitrogen and oxygen atoms in total. The van der Waals surface area contributed by atoms with E-state index in [1.54, 1.807) is 11.8 Å². The predicted molar refractivity (Wildman–Crippen MR) is 142 cm³/mol. The van der Waals surface area contributed by atoms with E-state index in [2.05, 4.69) is 16.8 Å². The maximum atomic E-state index is 14.5. The fourth-order valence-electron chi connectivity index (χ4n) is 5.67. The zero-order valence-corrected chi connectivity index (χ0v) is 21.6. The summed E-state index contributed by atoms with van der Waals surface area (Å²) < 4.78 is 48.1. The van der Waals surface area contributed by atoms with Crippen LogP contribution < -0.4 is 5.32 Å². The number of cyclic esters (lactones) is 1. The molecule has 5 heterocycles. The van der Waals surface area contributed by atoms with Gasteiger partial charge in [0.05, 0.1) is 23.5 Å². The van der Waals surface area contributed by atoms with Crippen LogP contribution in [0.5, 0.6) is 0 Å². The highest BCUT2D eigenvalue weighted by molar-refractivity contribution is 8.03. The van der Waals surface area contributed by atoms with Crippen LogP contribution in [-0.2, 0) is 4.74 Å². The van der Waals surface area contributed by atoms with Crippen LogP contribution >= 0.6 is 11.8 Å². The van der Waals surface area contributed by atoms with Crippen molar-refractivity contribution in [3.8, 4) is 0 Å². The first-order chi connectivity index (χ1) is 18.2. The number of fused-ring (bicyclic) bond motifs is 1. The minimum Gasteiger partial charge on any atom is -0.447 e. The molecule has 2 saturated heterocycles. The number of carbonyl (C=O) groups is 1. The van der Waals surface area contributed by atoms with Crippen LogP contribution in [0, 0.1) is 11.6 Å². The first-order valence-electron chi connectivity index (χ1n) is 12.6. The van der Waals surface area contributed by atoms with E-state index in [9.17, 15) is 18.0 Å². The average Bonchev–Trinajstić information content (AvgIpc) is 3.46. The largest absolute Gasteiger partial charge is 0.447 e. The number of aliphatic imine (C=N–C) groups is 2. The Morgan fingerprint density at radius 2 is 2.11 bits per heavy atom. The Labute approximate surface area is 223 Å². The van der Waals surface area contributed by atoms with Crippen LogP contribution in [0.3, 0.4) is 0 Å². The lowest BCUT2D eigenvalue weighted by Gasteiger charge is -2.38. The third-order valence-electron chi connectivity index (χ3n) is 7.58. The van der Waals surface area contributed by atoms with Crippen LogP contribution in [-0.4, -0.2) is 58.7 Å². The highest BCUT2D eigenvalue weighted by atomic mass is 32.2. The van der Waals surface area contributed by atoms with Crippen LogP contribution in [0.1, 0.15) is 37.8 Å². The number of amides is 1. The number of hydrogen-bond acceptors (Lipinski definition) is 6. The zero-order chi connectivity index (χ0) is 26.6. The van der Waals surface area contributed by atoms with Gasteiger partial charge in [0.25, 0.3) is 0 Å². The summed E-state index contributed by atoms with van der Waals surface area (Å²) in [6.45, 7) is 6.37. The minimum absolute atomic E-state index is 0.167. The molecule has 6 rings (SSSR count). The molecule has 198 valence electrons. The van der Waals surface area contributed by atoms with Gasteiger partial charge in [-0.05, 0) is 48.9 Å². The average molecular weight is 541 g/mol. The van der Waals surface area contributed by atoms with Crippen LogP contribution in [0.2, 0.25) is 0 Å². The number of ether oxygens (including phenoxy) is 1. The van der Waals surface area contributed by atoms with Crippen molar-refractivity contribution in [1.29, 1.82) is 0 Å². The van der Waals surface area contributed by atoms with E-state index in [-0.39, 0.29) is 11.9 Å². The second-order valence-corrected chi connectivity index (χ2v) is 11.3. The second kappa shape index (κ2) is 9.48. The Morgan fingerprint density at radius 3 is 2.82 bits per heavy atom. The fourth-order valence-corrected chi connectivity index (χ4v) is 6.63. The van der Waals surface area contributed by atoms with Crippen molar-refractivity contribution >= 4 is 29.4 Å². The number of rotatable bonds is 4. The molecule has 0 aromatic heterocycles. The van der Waals surface area contributed by atoms with Crippen molar-refractivity contribution in [2.45, 2.75) is 55.2 Å². The standard InChI is InChI=1S/C28H27F3N4O2S/c1-15-5-4-10-38-25(15)26-33-24(17-8-9-18(30)19(31)11-17)23(21-7-3-6-20(32-21)16(2)29)22-12-28(13-35(22)26)14-37-27(36)34-28/h3-4,7-11,16,20,24-25H,1,5-6,12-14H2,2H3,(H,34,36)/t16?,20?,24-,25?,28+/m1/s1. The van der Waals surface area contributed by atoms with E-state index in [1.165, 1.54) is 13.0 Å².